The Morgan fingerprint density at radius 1 is 1.38 bits per heavy atom. The summed E-state index contributed by atoms with van der Waals surface area (Å²) in [6.07, 6.45) is 1.52. The number of hydrogen-bond acceptors (Lipinski definition) is 3. The van der Waals surface area contributed by atoms with Crippen molar-refractivity contribution in [2.75, 3.05) is 19.3 Å². The summed E-state index contributed by atoms with van der Waals surface area (Å²) in [5, 5.41) is 9.02. The topological polar surface area (TPSA) is 86.7 Å². The lowest BCUT2D eigenvalue weighted by Gasteiger charge is -2.31. The van der Waals surface area contributed by atoms with Gasteiger partial charge >= 0.3 is 6.09 Å². The highest BCUT2D eigenvalue weighted by Gasteiger charge is 2.28. The highest BCUT2D eigenvalue weighted by atomic mass is 32.2. The Morgan fingerprint density at radius 2 is 2.00 bits per heavy atom. The molecular weight excluding hydrogens is 299 g/mol. The van der Waals surface area contributed by atoms with Crippen molar-refractivity contribution in [2.45, 2.75) is 6.04 Å². The van der Waals surface area contributed by atoms with E-state index in [4.69, 9.17) is 5.11 Å². The maximum absolute atomic E-state index is 13.0. The van der Waals surface area contributed by atoms with Gasteiger partial charge in [-0.1, -0.05) is 18.2 Å². The predicted octanol–water partition coefficient (Wildman–Crippen LogP) is 1.12. The second-order valence-corrected chi connectivity index (χ2v) is 6.58. The molecule has 1 aliphatic heterocycles. The Balaban J connectivity index is 2.35. The molecule has 1 heterocycles. The second-order valence-electron chi connectivity index (χ2n) is 4.80. The van der Waals surface area contributed by atoms with Gasteiger partial charge in [-0.25, -0.2) is 22.3 Å². The first-order chi connectivity index (χ1) is 9.76. The third-order valence-electron chi connectivity index (χ3n) is 3.11. The number of benzene rings is 1. The van der Waals surface area contributed by atoms with Crippen molar-refractivity contribution in [2.24, 2.45) is 0 Å². The van der Waals surface area contributed by atoms with Gasteiger partial charge in [0.25, 0.3) is 0 Å². The number of halogens is 1. The van der Waals surface area contributed by atoms with Crippen LogP contribution in [0.25, 0.3) is 5.57 Å². The fraction of sp³-hybridized carbons (Fsp3) is 0.308. The summed E-state index contributed by atoms with van der Waals surface area (Å²) in [6.45, 7) is 0.162. The number of nitrogens with zero attached hydrogens (tertiary/aromatic N) is 1. The summed E-state index contributed by atoms with van der Waals surface area (Å²) in [7, 11) is -3.51. The molecule has 0 radical (unpaired) electrons. The maximum atomic E-state index is 13.0. The summed E-state index contributed by atoms with van der Waals surface area (Å²) >= 11 is 0. The van der Waals surface area contributed by atoms with Gasteiger partial charge in [0.05, 0.1) is 12.3 Å². The van der Waals surface area contributed by atoms with Crippen LogP contribution in [-0.4, -0.2) is 49.9 Å². The number of hydrogen-bond donors (Lipinski definition) is 2. The second kappa shape index (κ2) is 5.82. The molecule has 0 saturated carbocycles. The molecule has 1 aliphatic rings. The van der Waals surface area contributed by atoms with Crippen molar-refractivity contribution in [1.29, 1.82) is 0 Å². The summed E-state index contributed by atoms with van der Waals surface area (Å²) in [5.41, 5.74) is 1.29. The minimum Gasteiger partial charge on any atom is -0.465 e. The van der Waals surface area contributed by atoms with Crippen LogP contribution in [0.4, 0.5) is 9.18 Å². The Kier molecular flexibility index (Phi) is 4.29. The molecule has 1 aromatic carbocycles. The first-order valence-corrected chi connectivity index (χ1v) is 8.06. The molecule has 1 aromatic rings. The van der Waals surface area contributed by atoms with Crippen LogP contribution in [0.3, 0.4) is 0 Å². The molecule has 114 valence electrons. The zero-order valence-electron chi connectivity index (χ0n) is 11.3. The fourth-order valence-corrected chi connectivity index (χ4v) is 2.94. The van der Waals surface area contributed by atoms with Gasteiger partial charge in [0, 0.05) is 13.1 Å². The van der Waals surface area contributed by atoms with E-state index in [-0.39, 0.29) is 13.1 Å². The van der Waals surface area contributed by atoms with E-state index in [0.717, 1.165) is 11.2 Å². The molecule has 0 aromatic heterocycles. The largest absolute Gasteiger partial charge is 0.465 e. The summed E-state index contributed by atoms with van der Waals surface area (Å²) < 4.78 is 38.3. The first-order valence-electron chi connectivity index (χ1n) is 6.17. The van der Waals surface area contributed by atoms with Crippen molar-refractivity contribution >= 4 is 21.7 Å². The van der Waals surface area contributed by atoms with Crippen LogP contribution in [-0.2, 0) is 10.0 Å². The van der Waals surface area contributed by atoms with E-state index in [9.17, 15) is 17.6 Å². The molecule has 0 bridgehead atoms. The van der Waals surface area contributed by atoms with Gasteiger partial charge in [0.2, 0.25) is 10.0 Å². The average Bonchev–Trinajstić information content (AvgIpc) is 2.38. The standard InChI is InChI=1S/C13H15FN2O4S/c1-21(19,20)15-12-8-16(13(17)18)7-6-11(12)9-2-4-10(14)5-3-9/h2-6,12,15H,7-8H2,1H3,(H,17,18). The molecular formula is C13H15FN2O4S. The molecule has 0 spiro atoms. The Morgan fingerprint density at radius 3 is 2.52 bits per heavy atom. The highest BCUT2D eigenvalue weighted by Crippen LogP contribution is 2.23. The third-order valence-corrected chi connectivity index (χ3v) is 3.83. The fourth-order valence-electron chi connectivity index (χ4n) is 2.22. The lowest BCUT2D eigenvalue weighted by molar-refractivity contribution is 0.147. The van der Waals surface area contributed by atoms with E-state index in [2.05, 4.69) is 4.72 Å². The van der Waals surface area contributed by atoms with E-state index in [1.807, 2.05) is 0 Å². The minimum absolute atomic E-state index is 0.00557. The normalized spacial score (nSPS) is 19.2. The van der Waals surface area contributed by atoms with Crippen molar-refractivity contribution < 1.29 is 22.7 Å². The predicted molar refractivity (Wildman–Crippen MR) is 75.7 cm³/mol. The molecule has 21 heavy (non-hydrogen) atoms. The van der Waals surface area contributed by atoms with Crippen molar-refractivity contribution in [3.05, 3.63) is 41.7 Å². The number of amides is 1. The van der Waals surface area contributed by atoms with Gasteiger partial charge < -0.3 is 10.0 Å². The van der Waals surface area contributed by atoms with Crippen molar-refractivity contribution in [3.63, 3.8) is 0 Å². The molecule has 1 unspecified atom stereocenters. The van der Waals surface area contributed by atoms with Gasteiger partial charge in [0.1, 0.15) is 5.82 Å². The molecule has 0 fully saturated rings. The average molecular weight is 314 g/mol. The molecule has 8 heteroatoms. The zero-order valence-corrected chi connectivity index (χ0v) is 12.1. The smallest absolute Gasteiger partial charge is 0.407 e. The monoisotopic (exact) mass is 314 g/mol. The molecule has 0 saturated heterocycles. The van der Waals surface area contributed by atoms with E-state index >= 15 is 0 Å². The van der Waals surface area contributed by atoms with E-state index in [1.165, 1.54) is 24.3 Å². The quantitative estimate of drug-likeness (QED) is 0.875. The van der Waals surface area contributed by atoms with Gasteiger partial charge in [-0.05, 0) is 23.3 Å². The molecule has 1 atom stereocenters. The third kappa shape index (κ3) is 4.02. The Hall–Kier alpha value is -1.93. The number of sulfonamides is 1. The van der Waals surface area contributed by atoms with E-state index in [1.54, 1.807) is 6.08 Å². The van der Waals surface area contributed by atoms with Crippen molar-refractivity contribution in [1.82, 2.24) is 9.62 Å². The Labute approximate surface area is 121 Å². The van der Waals surface area contributed by atoms with Crippen LogP contribution < -0.4 is 4.72 Å². The summed E-state index contributed by atoms with van der Waals surface area (Å²) in [6, 6.07) is 4.92. The molecule has 2 rings (SSSR count). The van der Waals surface area contributed by atoms with Gasteiger partial charge in [-0.2, -0.15) is 0 Å². The maximum Gasteiger partial charge on any atom is 0.407 e. The number of rotatable bonds is 3. The van der Waals surface area contributed by atoms with Gasteiger partial charge in [-0.15, -0.1) is 0 Å². The number of nitrogens with one attached hydrogen (secondary N) is 1. The lowest BCUT2D eigenvalue weighted by Crippen LogP contribution is -2.48. The van der Waals surface area contributed by atoms with Crippen LogP contribution in [0.5, 0.6) is 0 Å². The van der Waals surface area contributed by atoms with Crippen LogP contribution >= 0.6 is 0 Å². The first kappa shape index (κ1) is 15.5. The van der Waals surface area contributed by atoms with Crippen LogP contribution in [0.2, 0.25) is 0 Å². The summed E-state index contributed by atoms with van der Waals surface area (Å²) in [4.78, 5) is 12.1. The lowest BCUT2D eigenvalue weighted by atomic mass is 9.95. The molecule has 0 aliphatic carbocycles. The highest BCUT2D eigenvalue weighted by molar-refractivity contribution is 7.88. The molecule has 2 N–H and O–H groups in total. The van der Waals surface area contributed by atoms with Crippen LogP contribution in [0, 0.1) is 5.82 Å². The number of carbonyl (C=O) groups is 1. The zero-order chi connectivity index (χ0) is 15.6. The van der Waals surface area contributed by atoms with Crippen LogP contribution in [0.1, 0.15) is 5.56 Å². The summed E-state index contributed by atoms with van der Waals surface area (Å²) in [5.74, 6) is -0.394. The van der Waals surface area contributed by atoms with E-state index in [0.29, 0.717) is 11.1 Å². The van der Waals surface area contributed by atoms with Gasteiger partial charge in [0.15, 0.2) is 0 Å². The van der Waals surface area contributed by atoms with Crippen LogP contribution in [0.15, 0.2) is 30.3 Å². The minimum atomic E-state index is -3.51. The van der Waals surface area contributed by atoms with Gasteiger partial charge in [-0.3, -0.25) is 0 Å². The van der Waals surface area contributed by atoms with E-state index < -0.39 is 28.0 Å². The van der Waals surface area contributed by atoms with Crippen molar-refractivity contribution in [3.8, 4) is 0 Å². The Bertz CT molecular complexity index is 670. The SMILES string of the molecule is CS(=O)(=O)NC1CN(C(=O)O)CC=C1c1ccc(F)cc1. The molecule has 1 amide bonds. The number of carboxylic acid groups (broad SMARTS) is 1. The molecule has 6 nitrogen and oxygen atoms in total.